The van der Waals surface area contributed by atoms with Crippen LogP contribution < -0.4 is 9.47 Å². The first kappa shape index (κ1) is 35.1. The van der Waals surface area contributed by atoms with E-state index in [1.54, 1.807) is 18.2 Å². The predicted octanol–water partition coefficient (Wildman–Crippen LogP) is 7.92. The minimum Gasteiger partial charge on any atom is -0.498 e. The number of carbonyl (C=O) groups is 3. The molecule has 240 valence electrons. The highest BCUT2D eigenvalue weighted by Gasteiger charge is 2.16. The average molecular weight is 625 g/mol. The van der Waals surface area contributed by atoms with Gasteiger partial charge < -0.3 is 23.7 Å². The minimum atomic E-state index is -0.437. The Morgan fingerprint density at radius 1 is 0.674 bits per heavy atom. The summed E-state index contributed by atoms with van der Waals surface area (Å²) in [6.45, 7) is 7.80. The zero-order valence-corrected chi connectivity index (χ0v) is 25.9. The van der Waals surface area contributed by atoms with Crippen molar-refractivity contribution in [3.8, 4) is 22.6 Å². The number of carbonyl (C=O) groups excluding carboxylic acids is 3. The lowest BCUT2D eigenvalue weighted by Crippen LogP contribution is -2.13. The van der Waals surface area contributed by atoms with Crippen molar-refractivity contribution < 1.29 is 38.1 Å². The molecule has 0 unspecified atom stereocenters. The summed E-state index contributed by atoms with van der Waals surface area (Å²) in [4.78, 5) is 34.1. The first-order valence-electron chi connectivity index (χ1n) is 15.2. The second-order valence-corrected chi connectivity index (χ2v) is 9.95. The molecule has 0 amide bonds. The Labute approximate surface area is 270 Å². The molecule has 0 spiro atoms. The van der Waals surface area contributed by atoms with Crippen molar-refractivity contribution in [2.75, 3.05) is 19.8 Å². The van der Waals surface area contributed by atoms with Crippen LogP contribution >= 0.6 is 0 Å². The summed E-state index contributed by atoms with van der Waals surface area (Å²) >= 11 is 0. The fourth-order valence-electron chi connectivity index (χ4n) is 4.21. The van der Waals surface area contributed by atoms with Gasteiger partial charge in [-0.15, -0.1) is 0 Å². The summed E-state index contributed by atoms with van der Waals surface area (Å²) in [5.41, 5.74) is 2.94. The van der Waals surface area contributed by atoms with E-state index in [0.29, 0.717) is 43.8 Å². The van der Waals surface area contributed by atoms with Gasteiger partial charge in [0.1, 0.15) is 24.7 Å². The lowest BCUT2D eigenvalue weighted by Gasteiger charge is -2.15. The summed E-state index contributed by atoms with van der Waals surface area (Å²) in [6, 6.07) is 27.0. The van der Waals surface area contributed by atoms with Gasteiger partial charge in [0, 0.05) is 24.5 Å². The maximum absolute atomic E-state index is 12.1. The molecule has 3 aromatic rings. The van der Waals surface area contributed by atoms with Crippen molar-refractivity contribution in [2.24, 2.45) is 0 Å². The van der Waals surface area contributed by atoms with Crippen LogP contribution in [0.3, 0.4) is 0 Å². The van der Waals surface area contributed by atoms with E-state index in [0.717, 1.165) is 48.7 Å². The van der Waals surface area contributed by atoms with E-state index >= 15 is 0 Å². The van der Waals surface area contributed by atoms with Crippen LogP contribution in [0.4, 0.5) is 0 Å². The normalized spacial score (nSPS) is 11.7. The lowest BCUT2D eigenvalue weighted by atomic mass is 10.0. The Kier molecular flexibility index (Phi) is 15.7. The number of rotatable bonds is 16. The molecular formula is C38H40O8. The molecule has 0 radical (unpaired) electrons. The SMILES string of the molecule is C=CC(=O)OCCOc1ccc(-c2ccccc2)cc1.C=COC(=O)CCCCCOC1=CC=C(C(=O)Oc2ccccc2)CC1. The number of para-hydroxylation sites is 1. The molecule has 0 N–H and O–H groups in total. The Balaban J connectivity index is 0.000000259. The van der Waals surface area contributed by atoms with Gasteiger partial charge in [-0.25, -0.2) is 9.59 Å². The van der Waals surface area contributed by atoms with Gasteiger partial charge in [0.2, 0.25) is 0 Å². The van der Waals surface area contributed by atoms with Crippen molar-refractivity contribution in [2.45, 2.75) is 38.5 Å². The Bertz CT molecular complexity index is 1460. The van der Waals surface area contributed by atoms with E-state index in [1.807, 2.05) is 66.7 Å². The van der Waals surface area contributed by atoms with Crippen LogP contribution in [0.1, 0.15) is 38.5 Å². The summed E-state index contributed by atoms with van der Waals surface area (Å²) < 4.78 is 26.0. The van der Waals surface area contributed by atoms with Gasteiger partial charge in [0.25, 0.3) is 0 Å². The summed E-state index contributed by atoms with van der Waals surface area (Å²) in [5, 5.41) is 0. The highest BCUT2D eigenvalue weighted by Crippen LogP contribution is 2.23. The minimum absolute atomic E-state index is 0.214. The molecule has 0 saturated carbocycles. The van der Waals surface area contributed by atoms with Crippen LogP contribution in [0, 0.1) is 0 Å². The number of hydrogen-bond donors (Lipinski definition) is 0. The van der Waals surface area contributed by atoms with Crippen molar-refractivity contribution in [1.82, 2.24) is 0 Å². The maximum Gasteiger partial charge on any atom is 0.339 e. The topological polar surface area (TPSA) is 97.4 Å². The molecule has 3 aromatic carbocycles. The Hall–Kier alpha value is -5.37. The molecule has 0 fully saturated rings. The first-order valence-corrected chi connectivity index (χ1v) is 15.2. The third-order valence-electron chi connectivity index (χ3n) is 6.58. The van der Waals surface area contributed by atoms with Crippen LogP contribution in [-0.2, 0) is 28.6 Å². The third kappa shape index (κ3) is 13.5. The van der Waals surface area contributed by atoms with Gasteiger partial charge >= 0.3 is 17.9 Å². The molecule has 8 nitrogen and oxygen atoms in total. The van der Waals surface area contributed by atoms with Crippen LogP contribution in [0.25, 0.3) is 11.1 Å². The monoisotopic (exact) mass is 624 g/mol. The van der Waals surface area contributed by atoms with Crippen molar-refractivity contribution in [3.05, 3.63) is 134 Å². The summed E-state index contributed by atoms with van der Waals surface area (Å²) in [6.07, 6.45) is 10.1. The van der Waals surface area contributed by atoms with E-state index in [2.05, 4.69) is 30.0 Å². The number of esters is 3. The molecule has 8 heteroatoms. The second kappa shape index (κ2) is 20.6. The van der Waals surface area contributed by atoms with Gasteiger partial charge in [-0.05, 0) is 73.2 Å². The Morgan fingerprint density at radius 2 is 1.37 bits per heavy atom. The van der Waals surface area contributed by atoms with Gasteiger partial charge in [0.15, 0.2) is 0 Å². The Morgan fingerprint density at radius 3 is 2.02 bits per heavy atom. The molecular weight excluding hydrogens is 584 g/mol. The molecule has 1 aliphatic rings. The van der Waals surface area contributed by atoms with Gasteiger partial charge in [-0.2, -0.15) is 0 Å². The molecule has 0 aliphatic heterocycles. The fraction of sp³-hybridized carbons (Fsp3) is 0.237. The highest BCUT2D eigenvalue weighted by atomic mass is 16.6. The molecule has 4 rings (SSSR count). The van der Waals surface area contributed by atoms with Crippen LogP contribution in [0.2, 0.25) is 0 Å². The first-order chi connectivity index (χ1) is 22.5. The number of unbranched alkanes of at least 4 members (excludes halogenated alkanes) is 2. The van der Waals surface area contributed by atoms with E-state index in [4.69, 9.17) is 18.9 Å². The molecule has 0 bridgehead atoms. The quantitative estimate of drug-likeness (QED) is 0.0521. The molecule has 1 aliphatic carbocycles. The molecule has 0 atom stereocenters. The van der Waals surface area contributed by atoms with Crippen LogP contribution in [0.15, 0.2) is 134 Å². The summed E-state index contributed by atoms with van der Waals surface area (Å²) in [7, 11) is 0. The van der Waals surface area contributed by atoms with E-state index in [-0.39, 0.29) is 18.5 Å². The number of benzene rings is 3. The van der Waals surface area contributed by atoms with Crippen molar-refractivity contribution in [1.29, 1.82) is 0 Å². The molecule has 0 saturated heterocycles. The van der Waals surface area contributed by atoms with E-state index < -0.39 is 5.97 Å². The molecule has 46 heavy (non-hydrogen) atoms. The molecule has 0 heterocycles. The number of allylic oxidation sites excluding steroid dienone is 3. The third-order valence-corrected chi connectivity index (χ3v) is 6.58. The highest BCUT2D eigenvalue weighted by molar-refractivity contribution is 5.90. The van der Waals surface area contributed by atoms with Gasteiger partial charge in [-0.3, -0.25) is 4.79 Å². The molecule has 0 aromatic heterocycles. The smallest absolute Gasteiger partial charge is 0.339 e. The van der Waals surface area contributed by atoms with Crippen molar-refractivity contribution in [3.63, 3.8) is 0 Å². The second-order valence-electron chi connectivity index (χ2n) is 9.95. The predicted molar refractivity (Wildman–Crippen MR) is 177 cm³/mol. The maximum atomic E-state index is 12.1. The van der Waals surface area contributed by atoms with Gasteiger partial charge in [-0.1, -0.05) is 73.8 Å². The summed E-state index contributed by atoms with van der Waals surface area (Å²) in [5.74, 6) is 1.15. The number of hydrogen-bond acceptors (Lipinski definition) is 8. The fourth-order valence-corrected chi connectivity index (χ4v) is 4.21. The van der Waals surface area contributed by atoms with Crippen LogP contribution in [-0.4, -0.2) is 37.7 Å². The largest absolute Gasteiger partial charge is 0.498 e. The van der Waals surface area contributed by atoms with E-state index in [1.165, 1.54) is 5.56 Å². The standard InChI is InChI=1S/C21H24O5.C17H16O3/c1-2-24-20(22)11-7-4-8-16-25-18-14-12-17(13-15-18)21(23)26-19-9-5-3-6-10-19;1-2-17(18)20-13-12-19-16-10-8-15(9-11-16)14-6-4-3-5-7-14/h2-3,5-6,9-10,12,14H,1,4,7-8,11,13,15-16H2;2-11H,1,12-13H2. The van der Waals surface area contributed by atoms with Crippen LogP contribution in [0.5, 0.6) is 11.5 Å². The average Bonchev–Trinajstić information content (AvgIpc) is 3.10. The zero-order valence-electron chi connectivity index (χ0n) is 25.9. The number of ether oxygens (including phenoxy) is 5. The van der Waals surface area contributed by atoms with E-state index in [9.17, 15) is 14.4 Å². The van der Waals surface area contributed by atoms with Crippen molar-refractivity contribution >= 4 is 17.9 Å². The van der Waals surface area contributed by atoms with Gasteiger partial charge in [0.05, 0.1) is 18.6 Å². The zero-order chi connectivity index (χ0) is 32.8. The lowest BCUT2D eigenvalue weighted by molar-refractivity contribution is -0.139.